The largest absolute Gasteiger partial charge is 0.456 e. The van der Waals surface area contributed by atoms with Crippen molar-refractivity contribution in [1.29, 1.82) is 0 Å². The number of aryl methyl sites for hydroxylation is 3. The van der Waals surface area contributed by atoms with Crippen LogP contribution in [0.3, 0.4) is 0 Å². The van der Waals surface area contributed by atoms with E-state index in [1.165, 1.54) is 27.8 Å². The van der Waals surface area contributed by atoms with E-state index in [2.05, 4.69) is 75.4 Å². The third-order valence-electron chi connectivity index (χ3n) is 9.54. The maximum absolute atomic E-state index is 6.43. The summed E-state index contributed by atoms with van der Waals surface area (Å²) >= 11 is 0. The van der Waals surface area contributed by atoms with Gasteiger partial charge in [0.1, 0.15) is 11.0 Å². The lowest BCUT2D eigenvalue weighted by Crippen LogP contribution is -2.25. The van der Waals surface area contributed by atoms with Crippen LogP contribution >= 0.6 is 0 Å². The van der Waals surface area contributed by atoms with Crippen LogP contribution in [0.4, 0.5) is 0 Å². The lowest BCUT2D eigenvalue weighted by Gasteiger charge is -2.16. The Morgan fingerprint density at radius 1 is 0.577 bits per heavy atom. The van der Waals surface area contributed by atoms with Crippen LogP contribution in [-0.2, 0) is 0 Å². The van der Waals surface area contributed by atoms with E-state index in [1.807, 2.05) is 103 Å². The first-order valence-corrected chi connectivity index (χ1v) is 17.7. The summed E-state index contributed by atoms with van der Waals surface area (Å²) in [5, 5.41) is 2.10. The van der Waals surface area contributed by atoms with Crippen molar-refractivity contribution in [3.05, 3.63) is 179 Å². The molecular formula is C47H38N4O. The molecule has 3 heterocycles. The zero-order chi connectivity index (χ0) is 35.4. The van der Waals surface area contributed by atoms with Crippen LogP contribution in [0.2, 0.25) is 0 Å². The molecule has 252 valence electrons. The zero-order valence-corrected chi connectivity index (χ0v) is 29.5. The smallest absolute Gasteiger partial charge is 0.164 e. The van der Waals surface area contributed by atoms with E-state index in [9.17, 15) is 0 Å². The summed E-state index contributed by atoms with van der Waals surface area (Å²) in [6.45, 7) is 6.36. The SMILES string of the molecule is Cc1ccc(C2C=c3c(oc4cccc(-c5nc(-c6ccccc6)nc(-c6ccccc6)n5)c34)=CC2)cc1-c1ncccc1C.Cc1ccccc1. The van der Waals surface area contributed by atoms with Crippen molar-refractivity contribution in [2.75, 3.05) is 0 Å². The average molecular weight is 675 g/mol. The van der Waals surface area contributed by atoms with Crippen LogP contribution in [0.5, 0.6) is 0 Å². The molecule has 1 atom stereocenters. The molecule has 52 heavy (non-hydrogen) atoms. The van der Waals surface area contributed by atoms with Gasteiger partial charge < -0.3 is 4.42 Å². The van der Waals surface area contributed by atoms with Gasteiger partial charge in [-0.15, -0.1) is 0 Å². The number of nitrogens with zero attached hydrogens (tertiary/aromatic N) is 4. The fourth-order valence-corrected chi connectivity index (χ4v) is 6.79. The van der Waals surface area contributed by atoms with Gasteiger partial charge in [0.05, 0.1) is 5.69 Å². The summed E-state index contributed by atoms with van der Waals surface area (Å²) in [6, 6.07) is 47.4. The van der Waals surface area contributed by atoms with Crippen molar-refractivity contribution in [3.63, 3.8) is 0 Å². The Morgan fingerprint density at radius 2 is 1.23 bits per heavy atom. The molecule has 0 N–H and O–H groups in total. The number of fused-ring (bicyclic) bond motifs is 3. The van der Waals surface area contributed by atoms with Gasteiger partial charge in [-0.25, -0.2) is 15.0 Å². The molecule has 5 heteroatoms. The second-order valence-corrected chi connectivity index (χ2v) is 13.2. The fraction of sp³-hybridized carbons (Fsp3) is 0.106. The number of benzene rings is 5. The Labute approximate surface area is 303 Å². The summed E-state index contributed by atoms with van der Waals surface area (Å²) in [4.78, 5) is 19.7. The van der Waals surface area contributed by atoms with Crippen molar-refractivity contribution in [2.24, 2.45) is 0 Å². The molecule has 1 aliphatic carbocycles. The van der Waals surface area contributed by atoms with E-state index in [-0.39, 0.29) is 5.92 Å². The molecule has 3 aromatic heterocycles. The minimum Gasteiger partial charge on any atom is -0.456 e. The fourth-order valence-electron chi connectivity index (χ4n) is 6.79. The highest BCUT2D eigenvalue weighted by Crippen LogP contribution is 2.33. The maximum Gasteiger partial charge on any atom is 0.164 e. The topological polar surface area (TPSA) is 64.7 Å². The number of hydrogen-bond acceptors (Lipinski definition) is 5. The lowest BCUT2D eigenvalue weighted by molar-refractivity contribution is 0.570. The van der Waals surface area contributed by atoms with E-state index in [0.29, 0.717) is 17.5 Å². The number of rotatable bonds is 5. The van der Waals surface area contributed by atoms with Crippen molar-refractivity contribution in [3.8, 4) is 45.4 Å². The molecule has 8 aromatic rings. The molecule has 0 saturated carbocycles. The van der Waals surface area contributed by atoms with Crippen LogP contribution < -0.4 is 10.6 Å². The normalized spacial score (nSPS) is 13.3. The van der Waals surface area contributed by atoms with Crippen LogP contribution in [0.1, 0.15) is 34.6 Å². The van der Waals surface area contributed by atoms with Gasteiger partial charge in [0.15, 0.2) is 17.5 Å². The van der Waals surface area contributed by atoms with Gasteiger partial charge in [0, 0.05) is 45.0 Å². The molecule has 0 radical (unpaired) electrons. The molecule has 5 aromatic carbocycles. The van der Waals surface area contributed by atoms with Crippen LogP contribution in [0, 0.1) is 20.8 Å². The average Bonchev–Trinajstić information content (AvgIpc) is 3.58. The molecular weight excluding hydrogens is 637 g/mol. The standard InChI is InChI=1S/C40H30N4O.C7H8/c1-25-18-19-29(23-32(25)37-26(2)11-10-22-41-37)30-20-21-34-33(24-30)36-31(16-9-17-35(36)45-34)40-43-38(27-12-5-3-6-13-27)42-39(44-40)28-14-7-4-8-15-28;1-7-5-3-2-4-6-7/h3-19,21-24,30H,20H2,1-2H3;2-6H,1H3. The first-order chi connectivity index (χ1) is 25.5. The van der Waals surface area contributed by atoms with Crippen LogP contribution in [0.15, 0.2) is 150 Å². The quantitative estimate of drug-likeness (QED) is 0.182. The number of hydrogen-bond donors (Lipinski definition) is 0. The molecule has 0 aliphatic heterocycles. The summed E-state index contributed by atoms with van der Waals surface area (Å²) in [5.41, 5.74) is 11.7. The Bertz CT molecular complexity index is 2570. The molecule has 0 amide bonds. The van der Waals surface area contributed by atoms with Crippen molar-refractivity contribution in [2.45, 2.75) is 33.1 Å². The molecule has 1 aliphatic rings. The second-order valence-electron chi connectivity index (χ2n) is 13.2. The Balaban J connectivity index is 0.000000497. The van der Waals surface area contributed by atoms with Gasteiger partial charge >= 0.3 is 0 Å². The van der Waals surface area contributed by atoms with Crippen molar-refractivity contribution >= 4 is 23.1 Å². The Kier molecular flexibility index (Phi) is 9.07. The van der Waals surface area contributed by atoms with E-state index in [1.54, 1.807) is 0 Å². The minimum atomic E-state index is 0.188. The highest BCUT2D eigenvalue weighted by atomic mass is 16.3. The summed E-state index contributed by atoms with van der Waals surface area (Å²) in [7, 11) is 0. The summed E-state index contributed by atoms with van der Waals surface area (Å²) in [5.74, 6) is 2.09. The minimum absolute atomic E-state index is 0.188. The maximum atomic E-state index is 6.43. The third kappa shape index (κ3) is 6.69. The van der Waals surface area contributed by atoms with E-state index >= 15 is 0 Å². The van der Waals surface area contributed by atoms with Crippen molar-refractivity contribution in [1.82, 2.24) is 19.9 Å². The lowest BCUT2D eigenvalue weighted by atomic mass is 9.88. The van der Waals surface area contributed by atoms with Crippen LogP contribution in [-0.4, -0.2) is 19.9 Å². The molecule has 0 spiro atoms. The second kappa shape index (κ2) is 14.4. The molecule has 0 saturated heterocycles. The predicted octanol–water partition coefficient (Wildman–Crippen LogP) is 10.0. The van der Waals surface area contributed by atoms with Gasteiger partial charge in [-0.3, -0.25) is 4.98 Å². The summed E-state index contributed by atoms with van der Waals surface area (Å²) in [6.07, 6.45) is 7.29. The third-order valence-corrected chi connectivity index (χ3v) is 9.54. The zero-order valence-electron chi connectivity index (χ0n) is 29.5. The molecule has 0 fully saturated rings. The van der Waals surface area contributed by atoms with E-state index in [0.717, 1.165) is 50.4 Å². The molecule has 0 bridgehead atoms. The van der Waals surface area contributed by atoms with Gasteiger partial charge in [0.25, 0.3) is 0 Å². The monoisotopic (exact) mass is 674 g/mol. The number of aromatic nitrogens is 4. The van der Waals surface area contributed by atoms with Gasteiger partial charge in [-0.2, -0.15) is 0 Å². The Morgan fingerprint density at radius 3 is 1.87 bits per heavy atom. The van der Waals surface area contributed by atoms with Crippen LogP contribution in [0.25, 0.3) is 68.5 Å². The van der Waals surface area contributed by atoms with E-state index < -0.39 is 0 Å². The van der Waals surface area contributed by atoms with Gasteiger partial charge in [-0.05, 0) is 68.2 Å². The summed E-state index contributed by atoms with van der Waals surface area (Å²) < 4.78 is 6.43. The molecule has 1 unspecified atom stereocenters. The molecule has 9 rings (SSSR count). The van der Waals surface area contributed by atoms with Crippen molar-refractivity contribution < 1.29 is 4.42 Å². The Hall–Kier alpha value is -6.46. The van der Waals surface area contributed by atoms with Gasteiger partial charge in [0.2, 0.25) is 0 Å². The highest BCUT2D eigenvalue weighted by molar-refractivity contribution is 5.94. The van der Waals surface area contributed by atoms with E-state index in [4.69, 9.17) is 24.4 Å². The van der Waals surface area contributed by atoms with Gasteiger partial charge in [-0.1, -0.05) is 133 Å². The first-order valence-electron chi connectivity index (χ1n) is 17.7. The number of furan rings is 1. The number of pyridine rings is 1. The predicted molar refractivity (Wildman–Crippen MR) is 212 cm³/mol. The highest BCUT2D eigenvalue weighted by Gasteiger charge is 2.20. The molecule has 5 nitrogen and oxygen atoms in total. The first kappa shape index (κ1) is 32.7.